The summed E-state index contributed by atoms with van der Waals surface area (Å²) in [6.45, 7) is 1.16. The van der Waals surface area contributed by atoms with Crippen LogP contribution in [0.3, 0.4) is 0 Å². The van der Waals surface area contributed by atoms with Crippen molar-refractivity contribution in [2.75, 3.05) is 13.7 Å². The Morgan fingerprint density at radius 3 is 2.56 bits per heavy atom. The molecule has 2 rings (SSSR count). The van der Waals surface area contributed by atoms with Crippen molar-refractivity contribution in [1.82, 2.24) is 15.0 Å². The van der Waals surface area contributed by atoms with Crippen molar-refractivity contribution < 1.29 is 9.47 Å². The molecule has 1 aromatic carbocycles. The van der Waals surface area contributed by atoms with Gasteiger partial charge in [-0.2, -0.15) is 0 Å². The highest BCUT2D eigenvalue weighted by atomic mass is 35.5. The minimum absolute atomic E-state index is 0.374. The third-order valence-electron chi connectivity index (χ3n) is 2.37. The molecule has 0 aliphatic carbocycles. The minimum atomic E-state index is 0.374. The highest BCUT2D eigenvalue weighted by molar-refractivity contribution is 6.16. The lowest BCUT2D eigenvalue weighted by atomic mass is 10.3. The van der Waals surface area contributed by atoms with E-state index in [1.165, 1.54) is 0 Å². The van der Waals surface area contributed by atoms with Crippen LogP contribution in [0.4, 0.5) is 0 Å². The number of benzene rings is 1. The summed E-state index contributed by atoms with van der Waals surface area (Å²) in [4.78, 5) is 0. The average Bonchev–Trinajstić information content (AvgIpc) is 2.87. The molecule has 1 heterocycles. The molecule has 5 nitrogen and oxygen atoms in total. The molecule has 18 heavy (non-hydrogen) atoms. The van der Waals surface area contributed by atoms with E-state index in [2.05, 4.69) is 10.3 Å². The fraction of sp³-hybridized carbons (Fsp3) is 0.333. The van der Waals surface area contributed by atoms with Crippen LogP contribution in [-0.4, -0.2) is 28.7 Å². The Kier molecular flexibility index (Phi) is 4.41. The predicted molar refractivity (Wildman–Crippen MR) is 68.1 cm³/mol. The Hall–Kier alpha value is -1.75. The van der Waals surface area contributed by atoms with Crippen LogP contribution in [0.2, 0.25) is 0 Å². The zero-order valence-corrected chi connectivity index (χ0v) is 10.8. The quantitative estimate of drug-likeness (QED) is 0.752. The first-order chi connectivity index (χ1) is 8.81. The zero-order valence-electron chi connectivity index (χ0n) is 10.0. The van der Waals surface area contributed by atoms with Gasteiger partial charge in [0, 0.05) is 6.20 Å². The first-order valence-electron chi connectivity index (χ1n) is 5.53. The maximum absolute atomic E-state index is 5.64. The highest BCUT2D eigenvalue weighted by Crippen LogP contribution is 2.16. The first kappa shape index (κ1) is 12.7. The van der Waals surface area contributed by atoms with Crippen molar-refractivity contribution in [2.24, 2.45) is 0 Å². The Balaban J connectivity index is 1.80. The lowest BCUT2D eigenvalue weighted by molar-refractivity contribution is 0.289. The number of methoxy groups -OCH3 is 1. The van der Waals surface area contributed by atoms with Gasteiger partial charge in [-0.25, -0.2) is 4.68 Å². The van der Waals surface area contributed by atoms with Crippen LogP contribution in [-0.2, 0) is 12.4 Å². The number of nitrogens with zero attached hydrogens (tertiary/aromatic N) is 3. The molecule has 6 heteroatoms. The van der Waals surface area contributed by atoms with E-state index in [1.54, 1.807) is 11.8 Å². The Bertz CT molecular complexity index is 484. The van der Waals surface area contributed by atoms with Crippen molar-refractivity contribution in [1.29, 1.82) is 0 Å². The standard InChI is InChI=1S/C12H14ClN3O2/c1-17-11-2-4-12(5-3-11)18-7-6-16-9-10(8-13)14-15-16/h2-5,9H,6-8H2,1H3. The number of aromatic nitrogens is 3. The molecule has 0 amide bonds. The van der Waals surface area contributed by atoms with Gasteiger partial charge in [0.2, 0.25) is 0 Å². The van der Waals surface area contributed by atoms with Crippen molar-refractivity contribution in [3.05, 3.63) is 36.2 Å². The van der Waals surface area contributed by atoms with Crippen LogP contribution in [0.1, 0.15) is 5.69 Å². The fourth-order valence-corrected chi connectivity index (χ4v) is 1.56. The molecule has 0 saturated carbocycles. The summed E-state index contributed by atoms with van der Waals surface area (Å²) < 4.78 is 12.4. The molecule has 0 atom stereocenters. The van der Waals surface area contributed by atoms with Gasteiger partial charge < -0.3 is 9.47 Å². The summed E-state index contributed by atoms with van der Waals surface area (Å²) >= 11 is 5.64. The van der Waals surface area contributed by atoms with Crippen LogP contribution in [0.5, 0.6) is 11.5 Å². The number of rotatable bonds is 6. The van der Waals surface area contributed by atoms with Gasteiger partial charge in [-0.1, -0.05) is 5.21 Å². The van der Waals surface area contributed by atoms with Crippen molar-refractivity contribution in [2.45, 2.75) is 12.4 Å². The summed E-state index contributed by atoms with van der Waals surface area (Å²) in [7, 11) is 1.63. The molecule has 0 radical (unpaired) electrons. The lowest BCUT2D eigenvalue weighted by Gasteiger charge is -2.06. The van der Waals surface area contributed by atoms with E-state index in [9.17, 15) is 0 Å². The largest absolute Gasteiger partial charge is 0.497 e. The van der Waals surface area contributed by atoms with Crippen LogP contribution in [0.25, 0.3) is 0 Å². The molecular formula is C12H14ClN3O2. The van der Waals surface area contributed by atoms with Gasteiger partial charge >= 0.3 is 0 Å². The molecule has 0 fully saturated rings. The van der Waals surface area contributed by atoms with Crippen LogP contribution >= 0.6 is 11.6 Å². The van der Waals surface area contributed by atoms with E-state index in [4.69, 9.17) is 21.1 Å². The Morgan fingerprint density at radius 1 is 1.22 bits per heavy atom. The summed E-state index contributed by atoms with van der Waals surface area (Å²) in [6, 6.07) is 7.45. The molecule has 0 spiro atoms. The molecular weight excluding hydrogens is 254 g/mol. The second kappa shape index (κ2) is 6.26. The van der Waals surface area contributed by atoms with Gasteiger partial charge in [0.1, 0.15) is 18.1 Å². The third kappa shape index (κ3) is 3.37. The van der Waals surface area contributed by atoms with E-state index in [1.807, 2.05) is 30.5 Å². The molecule has 0 N–H and O–H groups in total. The summed E-state index contributed by atoms with van der Waals surface area (Å²) in [5.74, 6) is 1.98. The molecule has 0 bridgehead atoms. The Labute approximate surface area is 110 Å². The molecule has 2 aromatic rings. The van der Waals surface area contributed by atoms with Gasteiger partial charge in [0.05, 0.1) is 25.2 Å². The fourth-order valence-electron chi connectivity index (χ4n) is 1.44. The second-order valence-electron chi connectivity index (χ2n) is 3.63. The molecule has 96 valence electrons. The second-order valence-corrected chi connectivity index (χ2v) is 3.90. The van der Waals surface area contributed by atoms with Crippen molar-refractivity contribution >= 4 is 11.6 Å². The Morgan fingerprint density at radius 2 is 1.94 bits per heavy atom. The molecule has 0 aliphatic heterocycles. The van der Waals surface area contributed by atoms with Gasteiger partial charge in [0.15, 0.2) is 0 Å². The van der Waals surface area contributed by atoms with E-state index >= 15 is 0 Å². The third-order valence-corrected chi connectivity index (χ3v) is 2.65. The molecule has 1 aromatic heterocycles. The maximum atomic E-state index is 5.64. The van der Waals surface area contributed by atoms with E-state index in [0.717, 1.165) is 17.2 Å². The van der Waals surface area contributed by atoms with Gasteiger partial charge in [-0.3, -0.25) is 0 Å². The normalized spacial score (nSPS) is 10.3. The monoisotopic (exact) mass is 267 g/mol. The minimum Gasteiger partial charge on any atom is -0.497 e. The van der Waals surface area contributed by atoms with Crippen LogP contribution in [0, 0.1) is 0 Å². The van der Waals surface area contributed by atoms with E-state index in [-0.39, 0.29) is 0 Å². The maximum Gasteiger partial charge on any atom is 0.119 e. The average molecular weight is 268 g/mol. The van der Waals surface area contributed by atoms with E-state index < -0.39 is 0 Å². The molecule has 0 saturated heterocycles. The van der Waals surface area contributed by atoms with Crippen molar-refractivity contribution in [3.8, 4) is 11.5 Å². The highest BCUT2D eigenvalue weighted by Gasteiger charge is 1.99. The molecule has 0 unspecified atom stereocenters. The summed E-state index contributed by atoms with van der Waals surface area (Å²) in [6.07, 6.45) is 1.81. The first-order valence-corrected chi connectivity index (χ1v) is 6.07. The SMILES string of the molecule is COc1ccc(OCCn2cc(CCl)nn2)cc1. The number of alkyl halides is 1. The van der Waals surface area contributed by atoms with Crippen molar-refractivity contribution in [3.63, 3.8) is 0 Å². The van der Waals surface area contributed by atoms with Crippen LogP contribution < -0.4 is 9.47 Å². The van der Waals surface area contributed by atoms with Crippen LogP contribution in [0.15, 0.2) is 30.5 Å². The smallest absolute Gasteiger partial charge is 0.119 e. The number of hydrogen-bond donors (Lipinski definition) is 0. The number of ether oxygens (including phenoxy) is 2. The van der Waals surface area contributed by atoms with Gasteiger partial charge in [-0.15, -0.1) is 16.7 Å². The zero-order chi connectivity index (χ0) is 12.8. The van der Waals surface area contributed by atoms with E-state index in [0.29, 0.717) is 19.0 Å². The topological polar surface area (TPSA) is 49.2 Å². The van der Waals surface area contributed by atoms with Gasteiger partial charge in [-0.05, 0) is 24.3 Å². The number of hydrogen-bond acceptors (Lipinski definition) is 4. The molecule has 0 aliphatic rings. The van der Waals surface area contributed by atoms with Gasteiger partial charge in [0.25, 0.3) is 0 Å². The lowest BCUT2D eigenvalue weighted by Crippen LogP contribution is -2.08. The summed E-state index contributed by atoms with van der Waals surface area (Å²) in [5.41, 5.74) is 0.765. The number of halogens is 1. The predicted octanol–water partition coefficient (Wildman–Crippen LogP) is 2.10. The summed E-state index contributed by atoms with van der Waals surface area (Å²) in [5, 5.41) is 7.82.